The second-order valence-corrected chi connectivity index (χ2v) is 7.80. The lowest BCUT2D eigenvalue weighted by atomic mass is 9.58. The molecular weight excluding hydrogens is 363 g/mol. The number of carbonyl (C=O) groups is 1. The highest BCUT2D eigenvalue weighted by Crippen LogP contribution is 2.55. The van der Waals surface area contributed by atoms with Gasteiger partial charge in [-0.2, -0.15) is 5.10 Å². The zero-order valence-corrected chi connectivity index (χ0v) is 16.1. The number of nitrogens with zero attached hydrogens (tertiary/aromatic N) is 1. The maximum atomic E-state index is 13.9. The number of hydrogen-bond acceptors (Lipinski definition) is 2. The fourth-order valence-corrected chi connectivity index (χ4v) is 4.97. The maximum Gasteiger partial charge on any atom is 0.274 e. The first-order chi connectivity index (χ1) is 14.1. The second-order valence-electron chi connectivity index (χ2n) is 7.80. The van der Waals surface area contributed by atoms with Crippen molar-refractivity contribution in [1.29, 1.82) is 0 Å². The largest absolute Gasteiger partial charge is 0.274 e. The molecule has 0 aliphatic heterocycles. The summed E-state index contributed by atoms with van der Waals surface area (Å²) in [5, 5.41) is 4.38. The minimum atomic E-state index is -0.544. The second kappa shape index (κ2) is 6.96. The Hall–Kier alpha value is -3.27. The zero-order valence-electron chi connectivity index (χ0n) is 16.1. The number of benzene rings is 3. The van der Waals surface area contributed by atoms with Gasteiger partial charge in [0.25, 0.3) is 5.91 Å². The molecule has 0 saturated heterocycles. The molecule has 0 aromatic heterocycles. The first kappa shape index (κ1) is 17.8. The van der Waals surface area contributed by atoms with Gasteiger partial charge in [0.1, 0.15) is 5.82 Å². The smallest absolute Gasteiger partial charge is 0.267 e. The standard InChI is InChI=1S/C25H21FN2O/c1-15(27-28-25(29)20-12-6-7-13-23(20)26)21-14-22-16-8-2-4-10-18(16)24(21)19-11-5-3-9-17(19)22/h2-13,21-22,24H,14H2,1H3,(H,28,29)/t21-,22?,24?/m1/s1. The number of hydrogen-bond donors (Lipinski definition) is 1. The molecule has 3 aromatic carbocycles. The summed E-state index contributed by atoms with van der Waals surface area (Å²) in [4.78, 5) is 12.4. The summed E-state index contributed by atoms with van der Waals surface area (Å²) < 4.78 is 13.9. The number of rotatable bonds is 3. The van der Waals surface area contributed by atoms with Gasteiger partial charge in [-0.25, -0.2) is 9.82 Å². The highest BCUT2D eigenvalue weighted by Gasteiger charge is 2.44. The van der Waals surface area contributed by atoms with Gasteiger partial charge >= 0.3 is 0 Å². The lowest BCUT2D eigenvalue weighted by Gasteiger charge is -2.45. The third-order valence-corrected chi connectivity index (χ3v) is 6.29. The maximum absolute atomic E-state index is 13.9. The molecule has 0 heterocycles. The van der Waals surface area contributed by atoms with Crippen molar-refractivity contribution in [3.05, 3.63) is 106 Å². The van der Waals surface area contributed by atoms with Gasteiger partial charge < -0.3 is 0 Å². The fourth-order valence-electron chi connectivity index (χ4n) is 4.97. The van der Waals surface area contributed by atoms with Crippen LogP contribution in [0.4, 0.5) is 4.39 Å². The van der Waals surface area contributed by atoms with Crippen LogP contribution in [0.15, 0.2) is 77.9 Å². The van der Waals surface area contributed by atoms with Crippen LogP contribution in [0.1, 0.15) is 57.8 Å². The molecule has 1 atom stereocenters. The molecule has 29 heavy (non-hydrogen) atoms. The number of halogens is 1. The van der Waals surface area contributed by atoms with E-state index in [1.165, 1.54) is 34.4 Å². The van der Waals surface area contributed by atoms with Crippen LogP contribution in [0.3, 0.4) is 0 Å². The molecule has 3 aliphatic carbocycles. The van der Waals surface area contributed by atoms with Crippen molar-refractivity contribution in [2.45, 2.75) is 25.2 Å². The number of fused-ring (bicyclic) bond motifs is 1. The first-order valence-electron chi connectivity index (χ1n) is 9.92. The van der Waals surface area contributed by atoms with Crippen molar-refractivity contribution in [3.8, 4) is 0 Å². The number of carbonyl (C=O) groups excluding carboxylic acids is 1. The molecule has 6 rings (SSSR count). The van der Waals surface area contributed by atoms with Crippen LogP contribution in [-0.4, -0.2) is 11.6 Å². The number of nitrogens with one attached hydrogen (secondary N) is 1. The third kappa shape index (κ3) is 2.87. The predicted octanol–water partition coefficient (Wildman–Crippen LogP) is 5.23. The minimum Gasteiger partial charge on any atom is -0.267 e. The Bertz CT molecular complexity index is 1090. The fraction of sp³-hybridized carbons (Fsp3) is 0.200. The van der Waals surface area contributed by atoms with Crippen molar-refractivity contribution in [2.24, 2.45) is 11.0 Å². The Kier molecular flexibility index (Phi) is 4.27. The monoisotopic (exact) mass is 384 g/mol. The van der Waals surface area contributed by atoms with Gasteiger partial charge in [0.2, 0.25) is 0 Å². The van der Waals surface area contributed by atoms with Crippen LogP contribution in [0, 0.1) is 11.7 Å². The van der Waals surface area contributed by atoms with Gasteiger partial charge in [-0.05, 0) is 47.7 Å². The van der Waals surface area contributed by atoms with E-state index in [0.29, 0.717) is 5.92 Å². The molecule has 0 saturated carbocycles. The van der Waals surface area contributed by atoms with Crippen LogP contribution in [0.2, 0.25) is 0 Å². The summed E-state index contributed by atoms with van der Waals surface area (Å²) in [5.74, 6) is -0.307. The molecule has 3 nitrogen and oxygen atoms in total. The van der Waals surface area contributed by atoms with Crippen LogP contribution < -0.4 is 5.43 Å². The van der Waals surface area contributed by atoms with E-state index in [1.54, 1.807) is 12.1 Å². The van der Waals surface area contributed by atoms with Gasteiger partial charge in [-0.1, -0.05) is 60.7 Å². The normalized spacial score (nSPS) is 22.0. The summed E-state index contributed by atoms with van der Waals surface area (Å²) in [7, 11) is 0. The molecule has 0 radical (unpaired) electrons. The Balaban J connectivity index is 1.47. The minimum absolute atomic E-state index is 0.00454. The van der Waals surface area contributed by atoms with Crippen LogP contribution in [-0.2, 0) is 0 Å². The van der Waals surface area contributed by atoms with E-state index in [1.807, 2.05) is 6.92 Å². The Morgan fingerprint density at radius 2 is 1.45 bits per heavy atom. The lowest BCUT2D eigenvalue weighted by molar-refractivity contribution is 0.0950. The summed E-state index contributed by atoms with van der Waals surface area (Å²) >= 11 is 0. The van der Waals surface area contributed by atoms with Crippen LogP contribution in [0.25, 0.3) is 0 Å². The Morgan fingerprint density at radius 1 is 0.897 bits per heavy atom. The van der Waals surface area contributed by atoms with Gasteiger partial charge in [-0.15, -0.1) is 0 Å². The van der Waals surface area contributed by atoms with Crippen molar-refractivity contribution in [3.63, 3.8) is 0 Å². The molecule has 3 aromatic rings. The van der Waals surface area contributed by atoms with Crippen LogP contribution >= 0.6 is 0 Å². The Morgan fingerprint density at radius 3 is 2.07 bits per heavy atom. The average molecular weight is 384 g/mol. The molecule has 3 aliphatic rings. The molecule has 144 valence electrons. The molecule has 4 heteroatoms. The zero-order chi connectivity index (χ0) is 20.0. The third-order valence-electron chi connectivity index (χ3n) is 6.29. The highest BCUT2D eigenvalue weighted by molar-refractivity contribution is 5.96. The SMILES string of the molecule is CC(=NNC(=O)c1ccccc1F)[C@H]1CC2c3ccccc3C1c1ccccc12. The molecular formula is C25H21FN2O. The highest BCUT2D eigenvalue weighted by atomic mass is 19.1. The topological polar surface area (TPSA) is 41.5 Å². The first-order valence-corrected chi connectivity index (χ1v) is 9.92. The summed E-state index contributed by atoms with van der Waals surface area (Å²) in [6, 6.07) is 23.2. The van der Waals surface area contributed by atoms with Gasteiger partial charge in [-0.3, -0.25) is 4.79 Å². The average Bonchev–Trinajstić information content (AvgIpc) is 2.77. The lowest BCUT2D eigenvalue weighted by Crippen LogP contribution is -2.36. The molecule has 1 N–H and O–H groups in total. The van der Waals surface area contributed by atoms with E-state index in [-0.39, 0.29) is 17.4 Å². The summed E-state index contributed by atoms with van der Waals surface area (Å²) in [6.07, 6.45) is 0.962. The van der Waals surface area contributed by atoms with E-state index in [9.17, 15) is 9.18 Å². The van der Waals surface area contributed by atoms with Crippen molar-refractivity contribution in [1.82, 2.24) is 5.43 Å². The molecule has 1 amide bonds. The van der Waals surface area contributed by atoms with E-state index in [0.717, 1.165) is 12.1 Å². The Labute approximate surface area is 169 Å². The van der Waals surface area contributed by atoms with Gasteiger partial charge in [0, 0.05) is 23.5 Å². The quantitative estimate of drug-likeness (QED) is 0.488. The summed E-state index contributed by atoms with van der Waals surface area (Å²) in [6.45, 7) is 1.96. The molecule has 0 spiro atoms. The molecule has 2 bridgehead atoms. The van der Waals surface area contributed by atoms with E-state index < -0.39 is 11.7 Å². The number of hydrazone groups is 1. The van der Waals surface area contributed by atoms with E-state index >= 15 is 0 Å². The summed E-state index contributed by atoms with van der Waals surface area (Å²) in [5.41, 5.74) is 8.92. The molecule has 0 fully saturated rings. The van der Waals surface area contributed by atoms with Crippen molar-refractivity contribution in [2.75, 3.05) is 0 Å². The van der Waals surface area contributed by atoms with Gasteiger partial charge in [0.15, 0.2) is 0 Å². The molecule has 0 unspecified atom stereocenters. The van der Waals surface area contributed by atoms with E-state index in [4.69, 9.17) is 0 Å². The number of amides is 1. The predicted molar refractivity (Wildman–Crippen MR) is 112 cm³/mol. The van der Waals surface area contributed by atoms with Gasteiger partial charge in [0.05, 0.1) is 5.56 Å². The van der Waals surface area contributed by atoms with Crippen molar-refractivity contribution >= 4 is 11.6 Å². The van der Waals surface area contributed by atoms with Crippen molar-refractivity contribution < 1.29 is 9.18 Å². The van der Waals surface area contributed by atoms with Crippen LogP contribution in [0.5, 0.6) is 0 Å². The van der Waals surface area contributed by atoms with E-state index in [2.05, 4.69) is 59.1 Å².